The van der Waals surface area contributed by atoms with Crippen LogP contribution in [0.4, 0.5) is 0 Å². The second-order valence-electron chi connectivity index (χ2n) is 4.05. The quantitative estimate of drug-likeness (QED) is 0.776. The van der Waals surface area contributed by atoms with Crippen LogP contribution in [0.5, 0.6) is 5.75 Å². The summed E-state index contributed by atoms with van der Waals surface area (Å²) >= 11 is 2.14. The second-order valence-corrected chi connectivity index (χ2v) is 5.13. The van der Waals surface area contributed by atoms with E-state index in [1.165, 1.54) is 9.36 Å². The lowest BCUT2D eigenvalue weighted by molar-refractivity contribution is 0.240. The van der Waals surface area contributed by atoms with Gasteiger partial charge in [0.25, 0.3) is 0 Å². The van der Waals surface area contributed by atoms with Crippen LogP contribution in [0.25, 0.3) is 5.69 Å². The first-order valence-corrected chi connectivity index (χ1v) is 6.53. The topological polar surface area (TPSA) is 61.9 Å². The molecule has 0 bridgehead atoms. The second kappa shape index (κ2) is 5.09. The molecule has 1 heterocycles. The third-order valence-corrected chi connectivity index (χ3v) is 3.34. The molecule has 96 valence electrons. The van der Waals surface area contributed by atoms with Crippen molar-refractivity contribution in [3.63, 3.8) is 0 Å². The molecule has 0 amide bonds. The Morgan fingerprint density at radius 3 is 2.61 bits per heavy atom. The fraction of sp³-hybridized carbons (Fsp3) is 0.364. The molecular formula is C11H13IN4O2. The average Bonchev–Trinajstić information content (AvgIpc) is 2.63. The molecule has 0 saturated heterocycles. The highest BCUT2D eigenvalue weighted by Gasteiger charge is 2.13. The molecule has 0 fully saturated rings. The van der Waals surface area contributed by atoms with Gasteiger partial charge in [-0.1, -0.05) is 6.07 Å². The molecule has 1 aromatic heterocycles. The lowest BCUT2D eigenvalue weighted by Gasteiger charge is -2.13. The molecular weight excluding hydrogens is 347 g/mol. The van der Waals surface area contributed by atoms with Crippen LogP contribution in [0, 0.1) is 3.57 Å². The van der Waals surface area contributed by atoms with E-state index in [2.05, 4.69) is 33.0 Å². The Bertz CT molecular complexity index is 618. The highest BCUT2D eigenvalue weighted by Crippen LogP contribution is 2.26. The monoisotopic (exact) mass is 360 g/mol. The fourth-order valence-electron chi connectivity index (χ4n) is 1.47. The number of benzene rings is 1. The van der Waals surface area contributed by atoms with Crippen LogP contribution >= 0.6 is 22.6 Å². The van der Waals surface area contributed by atoms with Crippen molar-refractivity contribution in [2.24, 2.45) is 7.05 Å². The van der Waals surface area contributed by atoms with E-state index < -0.39 is 0 Å². The molecule has 7 heteroatoms. The van der Waals surface area contributed by atoms with E-state index >= 15 is 0 Å². The van der Waals surface area contributed by atoms with Crippen LogP contribution in [0.15, 0.2) is 23.0 Å². The molecule has 0 aliphatic rings. The Balaban J connectivity index is 2.52. The van der Waals surface area contributed by atoms with Crippen LogP contribution in [0.3, 0.4) is 0 Å². The Kier molecular flexibility index (Phi) is 3.69. The number of rotatable bonds is 3. The van der Waals surface area contributed by atoms with E-state index in [1.807, 2.05) is 32.0 Å². The standard InChI is InChI=1S/C11H13IN4O2/c1-7(2)18-9-6-4-5-8(10(9)12)16-11(17)15(3)13-14-16/h4-7H,1-3H3. The summed E-state index contributed by atoms with van der Waals surface area (Å²) in [6.45, 7) is 3.91. The van der Waals surface area contributed by atoms with E-state index in [0.717, 1.165) is 9.32 Å². The Labute approximate surface area is 118 Å². The average molecular weight is 360 g/mol. The lowest BCUT2D eigenvalue weighted by Crippen LogP contribution is -2.22. The molecule has 0 aliphatic heterocycles. The van der Waals surface area contributed by atoms with Gasteiger partial charge in [0, 0.05) is 7.05 Å². The molecule has 0 radical (unpaired) electrons. The van der Waals surface area contributed by atoms with E-state index in [0.29, 0.717) is 5.69 Å². The Hall–Kier alpha value is -1.38. The Morgan fingerprint density at radius 2 is 2.06 bits per heavy atom. The first-order chi connectivity index (χ1) is 8.50. The number of halogens is 1. The summed E-state index contributed by atoms with van der Waals surface area (Å²) < 4.78 is 8.96. The number of tetrazole rings is 1. The number of aryl methyl sites for hydroxylation is 1. The molecule has 0 saturated carbocycles. The summed E-state index contributed by atoms with van der Waals surface area (Å²) in [6.07, 6.45) is 0.0762. The van der Waals surface area contributed by atoms with Gasteiger partial charge in [-0.3, -0.25) is 0 Å². The zero-order valence-electron chi connectivity index (χ0n) is 10.3. The smallest absolute Gasteiger partial charge is 0.368 e. The van der Waals surface area contributed by atoms with Crippen LogP contribution in [0.1, 0.15) is 13.8 Å². The van der Waals surface area contributed by atoms with Gasteiger partial charge in [0.05, 0.1) is 15.4 Å². The van der Waals surface area contributed by atoms with E-state index in [4.69, 9.17) is 4.74 Å². The summed E-state index contributed by atoms with van der Waals surface area (Å²) in [5, 5.41) is 7.52. The first-order valence-electron chi connectivity index (χ1n) is 5.45. The van der Waals surface area contributed by atoms with Crippen molar-refractivity contribution in [2.45, 2.75) is 20.0 Å². The van der Waals surface area contributed by atoms with Crippen molar-refractivity contribution >= 4 is 22.6 Å². The number of nitrogens with zero attached hydrogens (tertiary/aromatic N) is 4. The molecule has 2 aromatic rings. The minimum Gasteiger partial charge on any atom is -0.490 e. The van der Waals surface area contributed by atoms with Crippen molar-refractivity contribution in [1.29, 1.82) is 0 Å². The van der Waals surface area contributed by atoms with Crippen LogP contribution < -0.4 is 10.4 Å². The maximum Gasteiger partial charge on any atom is 0.368 e. The molecule has 0 N–H and O–H groups in total. The number of ether oxygens (including phenoxy) is 1. The summed E-state index contributed by atoms with van der Waals surface area (Å²) in [5.41, 5.74) is 0.390. The van der Waals surface area contributed by atoms with Crippen LogP contribution in [-0.4, -0.2) is 25.9 Å². The predicted octanol–water partition coefficient (Wildman–Crippen LogP) is 1.36. The molecule has 0 atom stereocenters. The summed E-state index contributed by atoms with van der Waals surface area (Å²) in [5.74, 6) is 0.737. The lowest BCUT2D eigenvalue weighted by atomic mass is 10.3. The van der Waals surface area contributed by atoms with Gasteiger partial charge in [0.2, 0.25) is 0 Å². The minimum atomic E-state index is -0.283. The minimum absolute atomic E-state index is 0.0762. The Morgan fingerprint density at radius 1 is 1.33 bits per heavy atom. The van der Waals surface area contributed by atoms with Crippen molar-refractivity contribution in [1.82, 2.24) is 19.8 Å². The van der Waals surface area contributed by atoms with Gasteiger partial charge >= 0.3 is 5.69 Å². The maximum atomic E-state index is 11.8. The zero-order chi connectivity index (χ0) is 13.3. The van der Waals surface area contributed by atoms with Crippen LogP contribution in [0.2, 0.25) is 0 Å². The van der Waals surface area contributed by atoms with Crippen molar-refractivity contribution < 1.29 is 4.74 Å². The molecule has 0 aliphatic carbocycles. The van der Waals surface area contributed by atoms with Gasteiger partial charge in [0.15, 0.2) is 0 Å². The van der Waals surface area contributed by atoms with Gasteiger partial charge in [0.1, 0.15) is 5.75 Å². The van der Waals surface area contributed by atoms with Crippen LogP contribution in [-0.2, 0) is 7.05 Å². The molecule has 2 rings (SSSR count). The normalized spacial score (nSPS) is 10.9. The third kappa shape index (κ3) is 2.40. The number of hydrogen-bond acceptors (Lipinski definition) is 4. The maximum absolute atomic E-state index is 11.8. The van der Waals surface area contributed by atoms with Gasteiger partial charge in [-0.25, -0.2) is 4.79 Å². The summed E-state index contributed by atoms with van der Waals surface area (Å²) in [7, 11) is 1.56. The number of aromatic nitrogens is 4. The van der Waals surface area contributed by atoms with Gasteiger partial charge in [-0.15, -0.1) is 0 Å². The molecule has 6 nitrogen and oxygen atoms in total. The van der Waals surface area contributed by atoms with E-state index in [1.54, 1.807) is 7.05 Å². The molecule has 0 spiro atoms. The summed E-state index contributed by atoms with van der Waals surface area (Å²) in [6, 6.07) is 5.51. The van der Waals surface area contributed by atoms with Crippen molar-refractivity contribution in [3.8, 4) is 11.4 Å². The highest BCUT2D eigenvalue weighted by atomic mass is 127. The highest BCUT2D eigenvalue weighted by molar-refractivity contribution is 14.1. The largest absolute Gasteiger partial charge is 0.490 e. The van der Waals surface area contributed by atoms with E-state index in [-0.39, 0.29) is 11.8 Å². The van der Waals surface area contributed by atoms with Crippen molar-refractivity contribution in [3.05, 3.63) is 32.3 Å². The molecule has 18 heavy (non-hydrogen) atoms. The van der Waals surface area contributed by atoms with Gasteiger partial charge in [-0.2, -0.15) is 9.36 Å². The van der Waals surface area contributed by atoms with Gasteiger partial charge in [-0.05, 0) is 59.0 Å². The molecule has 0 unspecified atom stereocenters. The zero-order valence-corrected chi connectivity index (χ0v) is 12.5. The SMILES string of the molecule is CC(C)Oc1cccc(-n2nnn(C)c2=O)c1I. The number of hydrogen-bond donors (Lipinski definition) is 0. The van der Waals surface area contributed by atoms with E-state index in [9.17, 15) is 4.79 Å². The first kappa shape index (κ1) is 13.1. The fourth-order valence-corrected chi connectivity index (χ4v) is 2.19. The molecule has 1 aromatic carbocycles. The van der Waals surface area contributed by atoms with Gasteiger partial charge < -0.3 is 4.74 Å². The third-order valence-electron chi connectivity index (χ3n) is 2.26. The predicted molar refractivity (Wildman–Crippen MR) is 75.1 cm³/mol. The summed E-state index contributed by atoms with van der Waals surface area (Å²) in [4.78, 5) is 11.8. The van der Waals surface area contributed by atoms with Crippen molar-refractivity contribution in [2.75, 3.05) is 0 Å².